The van der Waals surface area contributed by atoms with E-state index in [0.717, 1.165) is 13.0 Å². The smallest absolute Gasteiger partial charge is 0.0405 e. The third-order valence-electron chi connectivity index (χ3n) is 2.79. The van der Waals surface area contributed by atoms with Gasteiger partial charge < -0.3 is 5.32 Å². The van der Waals surface area contributed by atoms with E-state index in [9.17, 15) is 0 Å². The molecule has 1 aliphatic rings. The normalized spacial score (nSPS) is 15.8. The Bertz CT molecular complexity index is 291. The van der Waals surface area contributed by atoms with Crippen LogP contribution in [0, 0.1) is 0 Å². The summed E-state index contributed by atoms with van der Waals surface area (Å²) in [7, 11) is 0. The zero-order valence-electron chi connectivity index (χ0n) is 8.27. The quantitative estimate of drug-likeness (QED) is 0.692. The van der Waals surface area contributed by atoms with E-state index in [4.69, 9.17) is 0 Å². The maximum Gasteiger partial charge on any atom is 0.0405 e. The highest BCUT2D eigenvalue weighted by molar-refractivity contribution is 5.58. The van der Waals surface area contributed by atoms with Crippen LogP contribution in [-0.4, -0.2) is 6.54 Å². The Labute approximate surface area is 80.2 Å². The van der Waals surface area contributed by atoms with Crippen molar-refractivity contribution in [3.8, 4) is 0 Å². The van der Waals surface area contributed by atoms with Crippen LogP contribution in [0.15, 0.2) is 18.2 Å². The van der Waals surface area contributed by atoms with Crippen LogP contribution in [0.1, 0.15) is 30.9 Å². The molecule has 1 aliphatic heterocycles. The molecule has 0 aromatic heterocycles. The number of hydrogen-bond donors (Lipinski definition) is 1. The van der Waals surface area contributed by atoms with Crippen LogP contribution in [0.5, 0.6) is 0 Å². The molecule has 1 heteroatoms. The van der Waals surface area contributed by atoms with Gasteiger partial charge in [0.1, 0.15) is 0 Å². The van der Waals surface area contributed by atoms with Crippen molar-refractivity contribution in [2.24, 2.45) is 0 Å². The topological polar surface area (TPSA) is 12.0 Å². The van der Waals surface area contributed by atoms with Gasteiger partial charge in [-0.1, -0.05) is 25.1 Å². The molecule has 0 radical (unpaired) electrons. The van der Waals surface area contributed by atoms with E-state index in [1.54, 1.807) is 0 Å². The molecule has 0 saturated carbocycles. The van der Waals surface area contributed by atoms with Crippen LogP contribution in [0.25, 0.3) is 0 Å². The first-order valence-corrected chi connectivity index (χ1v) is 5.26. The molecule has 0 spiro atoms. The molecule has 1 aromatic carbocycles. The number of para-hydroxylation sites is 1. The highest BCUT2D eigenvalue weighted by atomic mass is 14.9. The Hall–Kier alpha value is -0.980. The predicted octanol–water partition coefficient (Wildman–Crippen LogP) is 3.00. The highest BCUT2D eigenvalue weighted by Gasteiger charge is 2.09. The largest absolute Gasteiger partial charge is 0.385 e. The van der Waals surface area contributed by atoms with Crippen molar-refractivity contribution in [3.63, 3.8) is 0 Å². The van der Waals surface area contributed by atoms with Crippen molar-refractivity contribution in [1.82, 2.24) is 0 Å². The fraction of sp³-hybridized carbons (Fsp3) is 0.500. The first kappa shape index (κ1) is 8.61. The Kier molecular flexibility index (Phi) is 2.53. The fourth-order valence-electron chi connectivity index (χ4n) is 2.04. The molecule has 0 atom stereocenters. The number of rotatable bonds is 1. The van der Waals surface area contributed by atoms with E-state index in [-0.39, 0.29) is 0 Å². The van der Waals surface area contributed by atoms with Gasteiger partial charge in [0.25, 0.3) is 0 Å². The van der Waals surface area contributed by atoms with Gasteiger partial charge in [0.2, 0.25) is 0 Å². The number of fused-ring (bicyclic) bond motifs is 1. The molecule has 13 heavy (non-hydrogen) atoms. The van der Waals surface area contributed by atoms with Gasteiger partial charge in [-0.15, -0.1) is 0 Å². The molecule has 0 bridgehead atoms. The number of benzene rings is 1. The second kappa shape index (κ2) is 3.82. The molecule has 2 rings (SSSR count). The van der Waals surface area contributed by atoms with Crippen LogP contribution < -0.4 is 5.32 Å². The highest BCUT2D eigenvalue weighted by Crippen LogP contribution is 2.25. The predicted molar refractivity (Wildman–Crippen MR) is 57.2 cm³/mol. The molecule has 1 aromatic rings. The second-order valence-corrected chi connectivity index (χ2v) is 3.69. The summed E-state index contributed by atoms with van der Waals surface area (Å²) in [5.41, 5.74) is 4.40. The monoisotopic (exact) mass is 175 g/mol. The third kappa shape index (κ3) is 1.69. The summed E-state index contributed by atoms with van der Waals surface area (Å²) in [6.45, 7) is 3.37. The molecule has 1 nitrogen and oxygen atoms in total. The summed E-state index contributed by atoms with van der Waals surface area (Å²) in [5.74, 6) is 0. The number of nitrogens with one attached hydrogen (secondary N) is 1. The van der Waals surface area contributed by atoms with E-state index in [1.165, 1.54) is 36.1 Å². The molecule has 0 amide bonds. The van der Waals surface area contributed by atoms with Crippen LogP contribution in [0.2, 0.25) is 0 Å². The van der Waals surface area contributed by atoms with Crippen molar-refractivity contribution >= 4 is 5.69 Å². The van der Waals surface area contributed by atoms with Gasteiger partial charge in [-0.2, -0.15) is 0 Å². The zero-order valence-corrected chi connectivity index (χ0v) is 8.27. The molecule has 0 aliphatic carbocycles. The lowest BCUT2D eigenvalue weighted by molar-refractivity contribution is 0.785. The van der Waals surface area contributed by atoms with Crippen molar-refractivity contribution in [1.29, 1.82) is 0 Å². The second-order valence-electron chi connectivity index (χ2n) is 3.69. The minimum absolute atomic E-state index is 1.14. The van der Waals surface area contributed by atoms with E-state index in [1.807, 2.05) is 0 Å². The van der Waals surface area contributed by atoms with Gasteiger partial charge in [0.15, 0.2) is 0 Å². The lowest BCUT2D eigenvalue weighted by atomic mass is 10.0. The zero-order chi connectivity index (χ0) is 9.10. The average Bonchev–Trinajstić information content (AvgIpc) is 2.41. The summed E-state index contributed by atoms with van der Waals surface area (Å²) >= 11 is 0. The van der Waals surface area contributed by atoms with Gasteiger partial charge >= 0.3 is 0 Å². The molecule has 0 saturated heterocycles. The van der Waals surface area contributed by atoms with Crippen LogP contribution in [0.3, 0.4) is 0 Å². The first-order valence-electron chi connectivity index (χ1n) is 5.26. The summed E-state index contributed by atoms with van der Waals surface area (Å²) < 4.78 is 0. The number of hydrogen-bond acceptors (Lipinski definition) is 1. The fourth-order valence-corrected chi connectivity index (χ4v) is 2.04. The van der Waals surface area contributed by atoms with E-state index >= 15 is 0 Å². The molecule has 0 unspecified atom stereocenters. The Morgan fingerprint density at radius 1 is 1.31 bits per heavy atom. The van der Waals surface area contributed by atoms with Crippen LogP contribution in [-0.2, 0) is 12.8 Å². The maximum atomic E-state index is 3.54. The van der Waals surface area contributed by atoms with Crippen molar-refractivity contribution in [2.45, 2.75) is 32.6 Å². The lowest BCUT2D eigenvalue weighted by Gasteiger charge is -2.11. The molecule has 1 heterocycles. The lowest BCUT2D eigenvalue weighted by Crippen LogP contribution is -2.02. The number of anilines is 1. The minimum Gasteiger partial charge on any atom is -0.385 e. The summed E-state index contributed by atoms with van der Waals surface area (Å²) in [6, 6.07) is 6.68. The van der Waals surface area contributed by atoms with Gasteiger partial charge in [-0.05, 0) is 36.8 Å². The Morgan fingerprint density at radius 2 is 2.23 bits per heavy atom. The molecule has 0 fully saturated rings. The van der Waals surface area contributed by atoms with E-state index < -0.39 is 0 Å². The van der Waals surface area contributed by atoms with Crippen molar-refractivity contribution < 1.29 is 0 Å². The average molecular weight is 175 g/mol. The maximum absolute atomic E-state index is 3.54. The first-order chi connectivity index (χ1) is 6.42. The molecule has 70 valence electrons. The molecular formula is C12H17N. The Morgan fingerprint density at radius 3 is 3.08 bits per heavy atom. The standard InChI is InChI=1S/C12H17N/c1-2-10-7-5-8-11-6-3-4-9-13-12(10)11/h5,7-8,13H,2-4,6,9H2,1H3. The SMILES string of the molecule is CCc1cccc2c1NCCCC2. The van der Waals surface area contributed by atoms with Gasteiger partial charge in [-0.3, -0.25) is 0 Å². The Balaban J connectivity index is 2.40. The molecular weight excluding hydrogens is 158 g/mol. The van der Waals surface area contributed by atoms with Gasteiger partial charge in [0.05, 0.1) is 0 Å². The summed E-state index contributed by atoms with van der Waals surface area (Å²) in [5, 5.41) is 3.54. The molecule has 1 N–H and O–H groups in total. The van der Waals surface area contributed by atoms with Crippen LogP contribution in [0.4, 0.5) is 5.69 Å². The van der Waals surface area contributed by atoms with E-state index in [2.05, 4.69) is 30.4 Å². The minimum atomic E-state index is 1.14. The van der Waals surface area contributed by atoms with Crippen molar-refractivity contribution in [3.05, 3.63) is 29.3 Å². The van der Waals surface area contributed by atoms with Gasteiger partial charge in [0, 0.05) is 12.2 Å². The van der Waals surface area contributed by atoms with E-state index in [0.29, 0.717) is 0 Å². The number of aryl methyl sites for hydroxylation is 2. The third-order valence-corrected chi connectivity index (χ3v) is 2.79. The van der Waals surface area contributed by atoms with Crippen molar-refractivity contribution in [2.75, 3.05) is 11.9 Å². The summed E-state index contributed by atoms with van der Waals surface area (Å²) in [6.07, 6.45) is 5.01. The van der Waals surface area contributed by atoms with Gasteiger partial charge in [-0.25, -0.2) is 0 Å². The van der Waals surface area contributed by atoms with Crippen LogP contribution >= 0.6 is 0 Å². The summed E-state index contributed by atoms with van der Waals surface area (Å²) in [4.78, 5) is 0.